The summed E-state index contributed by atoms with van der Waals surface area (Å²) in [4.78, 5) is 12.2. The maximum Gasteiger partial charge on any atom is 0.193 e. The topological polar surface area (TPSA) is 41.1 Å². The minimum atomic E-state index is -0.0718. The van der Waals surface area contributed by atoms with Gasteiger partial charge in [-0.1, -0.05) is 24.3 Å². The Balaban J connectivity index is 2.25. The van der Waals surface area contributed by atoms with Gasteiger partial charge in [0, 0.05) is 16.8 Å². The van der Waals surface area contributed by atoms with Gasteiger partial charge in [0.05, 0.1) is 6.04 Å². The average molecular weight is 230 g/mol. The van der Waals surface area contributed by atoms with Crippen LogP contribution in [0.15, 0.2) is 35.5 Å². The molecule has 4 heteroatoms. The summed E-state index contributed by atoms with van der Waals surface area (Å²) in [6, 6.07) is 7.59. The van der Waals surface area contributed by atoms with Crippen LogP contribution in [0.2, 0.25) is 0 Å². The highest BCUT2D eigenvalue weighted by atomic mass is 32.1. The number of nitrogens with one attached hydrogen (secondary N) is 2. The third-order valence-corrected chi connectivity index (χ3v) is 3.25. The molecule has 0 bridgehead atoms. The molecular formula is C12H10N2OS. The van der Waals surface area contributed by atoms with Gasteiger partial charge in [0.2, 0.25) is 0 Å². The van der Waals surface area contributed by atoms with E-state index in [-0.39, 0.29) is 11.8 Å². The van der Waals surface area contributed by atoms with Crippen molar-refractivity contribution in [2.24, 2.45) is 0 Å². The van der Waals surface area contributed by atoms with E-state index in [1.54, 1.807) is 0 Å². The monoisotopic (exact) mass is 230 g/mol. The fourth-order valence-corrected chi connectivity index (χ4v) is 2.60. The summed E-state index contributed by atoms with van der Waals surface area (Å²) >= 11 is 5.11. The van der Waals surface area contributed by atoms with Crippen LogP contribution in [0.1, 0.15) is 28.9 Å². The lowest BCUT2D eigenvalue weighted by atomic mass is 10.0. The van der Waals surface area contributed by atoms with E-state index in [0.29, 0.717) is 5.11 Å². The maximum atomic E-state index is 12.2. The van der Waals surface area contributed by atoms with Crippen molar-refractivity contribution in [3.63, 3.8) is 0 Å². The lowest BCUT2D eigenvalue weighted by molar-refractivity contribution is 0.103. The number of Topliss-reactive ketones (excluding diaryl/α,β-unsaturated/α-hetero) is 1. The van der Waals surface area contributed by atoms with Crippen LogP contribution in [0.25, 0.3) is 0 Å². The van der Waals surface area contributed by atoms with Crippen LogP contribution >= 0.6 is 12.2 Å². The number of carbonyl (C=O) groups excluding carboxylic acids is 1. The Bertz CT molecular complexity index is 548. The first-order valence-corrected chi connectivity index (χ1v) is 5.51. The summed E-state index contributed by atoms with van der Waals surface area (Å²) in [6.07, 6.45) is 0. The molecule has 16 heavy (non-hydrogen) atoms. The highest BCUT2D eigenvalue weighted by molar-refractivity contribution is 7.80. The summed E-state index contributed by atoms with van der Waals surface area (Å²) in [6.45, 7) is 1.89. The third kappa shape index (κ3) is 1.13. The van der Waals surface area contributed by atoms with Crippen molar-refractivity contribution in [3.8, 4) is 0 Å². The quantitative estimate of drug-likeness (QED) is 0.665. The van der Waals surface area contributed by atoms with Gasteiger partial charge in [-0.25, -0.2) is 0 Å². The summed E-state index contributed by atoms with van der Waals surface area (Å²) < 4.78 is 0. The highest BCUT2D eigenvalue weighted by Gasteiger charge is 2.38. The molecule has 2 N–H and O–H groups in total. The molecule has 1 aromatic rings. The number of allylic oxidation sites excluding steroid dienone is 1. The van der Waals surface area contributed by atoms with Crippen LogP contribution in [0, 0.1) is 0 Å². The predicted molar refractivity (Wildman–Crippen MR) is 65.1 cm³/mol. The van der Waals surface area contributed by atoms with Gasteiger partial charge in [-0.15, -0.1) is 0 Å². The first kappa shape index (κ1) is 9.54. The van der Waals surface area contributed by atoms with Gasteiger partial charge >= 0.3 is 0 Å². The van der Waals surface area contributed by atoms with E-state index in [9.17, 15) is 4.79 Å². The largest absolute Gasteiger partial charge is 0.351 e. The number of hydrogen-bond acceptors (Lipinski definition) is 2. The summed E-state index contributed by atoms with van der Waals surface area (Å²) in [7, 11) is 0. The Morgan fingerprint density at radius 2 is 2.06 bits per heavy atom. The Labute approximate surface area is 98.5 Å². The van der Waals surface area contributed by atoms with Crippen LogP contribution in [-0.4, -0.2) is 10.9 Å². The Morgan fingerprint density at radius 1 is 1.31 bits per heavy atom. The van der Waals surface area contributed by atoms with E-state index >= 15 is 0 Å². The van der Waals surface area contributed by atoms with Gasteiger partial charge < -0.3 is 10.6 Å². The van der Waals surface area contributed by atoms with Crippen LogP contribution in [0.4, 0.5) is 0 Å². The molecule has 0 spiro atoms. The van der Waals surface area contributed by atoms with Crippen molar-refractivity contribution < 1.29 is 4.79 Å². The molecule has 80 valence electrons. The van der Waals surface area contributed by atoms with E-state index in [1.165, 1.54) is 0 Å². The van der Waals surface area contributed by atoms with Gasteiger partial charge in [-0.2, -0.15) is 0 Å². The number of benzene rings is 1. The molecule has 3 nitrogen and oxygen atoms in total. The second-order valence-electron chi connectivity index (χ2n) is 3.99. The molecule has 0 aromatic heterocycles. The van der Waals surface area contributed by atoms with Crippen molar-refractivity contribution in [2.75, 3.05) is 0 Å². The number of ketones is 1. The Hall–Kier alpha value is -1.68. The standard InChI is InChI=1S/C12H10N2OS/c1-6-9-10(14-12(16)13-6)7-4-2-3-5-8(7)11(9)15/h2-5,10H,1H3,(H2,13,14,16). The number of carbonyl (C=O) groups is 1. The first-order valence-electron chi connectivity index (χ1n) is 5.10. The van der Waals surface area contributed by atoms with E-state index in [0.717, 1.165) is 22.4 Å². The molecule has 1 aromatic carbocycles. The Morgan fingerprint density at radius 3 is 2.88 bits per heavy atom. The molecule has 0 amide bonds. The lowest BCUT2D eigenvalue weighted by Gasteiger charge is -2.25. The van der Waals surface area contributed by atoms with Crippen molar-refractivity contribution in [2.45, 2.75) is 13.0 Å². The van der Waals surface area contributed by atoms with E-state index < -0.39 is 0 Å². The van der Waals surface area contributed by atoms with Crippen LogP contribution in [0.5, 0.6) is 0 Å². The molecule has 0 fully saturated rings. The number of hydrogen-bond donors (Lipinski definition) is 2. The molecule has 1 aliphatic heterocycles. The molecule has 1 heterocycles. The van der Waals surface area contributed by atoms with Crippen molar-refractivity contribution in [1.82, 2.24) is 10.6 Å². The summed E-state index contributed by atoms with van der Waals surface area (Å²) in [5, 5.41) is 6.71. The molecular weight excluding hydrogens is 220 g/mol. The van der Waals surface area contributed by atoms with Crippen molar-refractivity contribution in [1.29, 1.82) is 0 Å². The van der Waals surface area contributed by atoms with Gasteiger partial charge in [0.25, 0.3) is 0 Å². The van der Waals surface area contributed by atoms with Crippen molar-refractivity contribution in [3.05, 3.63) is 46.7 Å². The molecule has 3 rings (SSSR count). The summed E-state index contributed by atoms with van der Waals surface area (Å²) in [5.41, 5.74) is 3.44. The molecule has 0 saturated heterocycles. The van der Waals surface area contributed by atoms with E-state index in [1.807, 2.05) is 31.2 Å². The first-order chi connectivity index (χ1) is 7.68. The van der Waals surface area contributed by atoms with E-state index in [4.69, 9.17) is 12.2 Å². The molecule has 1 aliphatic carbocycles. The molecule has 1 unspecified atom stereocenters. The van der Waals surface area contributed by atoms with E-state index in [2.05, 4.69) is 10.6 Å². The minimum absolute atomic E-state index is 0.0718. The smallest absolute Gasteiger partial charge is 0.193 e. The lowest BCUT2D eigenvalue weighted by Crippen LogP contribution is -2.42. The summed E-state index contributed by atoms with van der Waals surface area (Å²) in [5.74, 6) is 0.0978. The predicted octanol–water partition coefficient (Wildman–Crippen LogP) is 1.68. The Kier molecular flexibility index (Phi) is 1.88. The van der Waals surface area contributed by atoms with Gasteiger partial charge in [-0.3, -0.25) is 4.79 Å². The molecule has 1 atom stereocenters. The molecule has 0 saturated carbocycles. The maximum absolute atomic E-state index is 12.2. The molecule has 0 radical (unpaired) electrons. The fraction of sp³-hybridized carbons (Fsp3) is 0.167. The van der Waals surface area contributed by atoms with Crippen LogP contribution < -0.4 is 10.6 Å². The number of fused-ring (bicyclic) bond motifs is 3. The van der Waals surface area contributed by atoms with Gasteiger partial charge in [0.15, 0.2) is 10.9 Å². The highest BCUT2D eigenvalue weighted by Crippen LogP contribution is 2.38. The van der Waals surface area contributed by atoms with Crippen molar-refractivity contribution >= 4 is 23.1 Å². The second kappa shape index (κ2) is 3.15. The fourth-order valence-electron chi connectivity index (χ4n) is 2.33. The zero-order valence-corrected chi connectivity index (χ0v) is 9.52. The molecule has 2 aliphatic rings. The average Bonchev–Trinajstić information content (AvgIpc) is 2.54. The minimum Gasteiger partial charge on any atom is -0.351 e. The van der Waals surface area contributed by atoms with Crippen LogP contribution in [0.3, 0.4) is 0 Å². The SMILES string of the molecule is CC1=C2C(=O)c3ccccc3C2NC(=S)N1. The second-order valence-corrected chi connectivity index (χ2v) is 4.39. The van der Waals surface area contributed by atoms with Gasteiger partial charge in [0.1, 0.15) is 0 Å². The third-order valence-electron chi connectivity index (χ3n) is 3.03. The van der Waals surface area contributed by atoms with Crippen LogP contribution in [-0.2, 0) is 0 Å². The normalized spacial score (nSPS) is 22.4. The van der Waals surface area contributed by atoms with Gasteiger partial charge in [-0.05, 0) is 24.7 Å². The number of rotatable bonds is 0. The number of thiocarbonyl (C=S) groups is 1. The zero-order chi connectivity index (χ0) is 11.3. The zero-order valence-electron chi connectivity index (χ0n) is 8.70.